The van der Waals surface area contributed by atoms with E-state index in [-0.39, 0.29) is 39.1 Å². The van der Waals surface area contributed by atoms with Crippen LogP contribution >= 0.6 is 27.5 Å². The lowest BCUT2D eigenvalue weighted by molar-refractivity contribution is -0.115. The minimum atomic E-state index is -3.86. The number of sulfonamides is 1. The molecule has 0 unspecified atom stereocenters. The van der Waals surface area contributed by atoms with Gasteiger partial charge in [0.1, 0.15) is 11.5 Å². The summed E-state index contributed by atoms with van der Waals surface area (Å²) in [5.74, 6) is 0.219. The molecule has 0 aliphatic carbocycles. The molecule has 0 spiro atoms. The number of hydrogen-bond acceptors (Lipinski definition) is 6. The molecular formula is C22H14BrClN4O4S. The highest BCUT2D eigenvalue weighted by Gasteiger charge is 2.13. The Labute approximate surface area is 203 Å². The van der Waals surface area contributed by atoms with E-state index in [0.717, 1.165) is 0 Å². The Hall–Kier alpha value is -3.41. The highest BCUT2D eigenvalue weighted by atomic mass is 79.9. The largest absolute Gasteiger partial charge is 0.456 e. The smallest absolute Gasteiger partial charge is 0.238 e. The van der Waals surface area contributed by atoms with Crippen LogP contribution in [-0.4, -0.2) is 14.3 Å². The molecule has 0 saturated carbocycles. The third-order valence-electron chi connectivity index (χ3n) is 4.30. The molecule has 0 saturated heterocycles. The molecule has 166 valence electrons. The fourth-order valence-corrected chi connectivity index (χ4v) is 4.22. The van der Waals surface area contributed by atoms with E-state index in [9.17, 15) is 13.2 Å². The number of nitrogens with two attached hydrogens (primary N) is 1. The highest BCUT2D eigenvalue weighted by Crippen LogP contribution is 2.31. The van der Waals surface area contributed by atoms with Gasteiger partial charge >= 0.3 is 0 Å². The molecule has 33 heavy (non-hydrogen) atoms. The molecule has 0 fully saturated rings. The van der Waals surface area contributed by atoms with E-state index in [2.05, 4.69) is 21.2 Å². The molecule has 0 aliphatic heterocycles. The summed E-state index contributed by atoms with van der Waals surface area (Å²) in [6.07, 6.45) is -0.00806. The second-order valence-electron chi connectivity index (χ2n) is 6.75. The zero-order chi connectivity index (χ0) is 24.2. The van der Waals surface area contributed by atoms with Crippen LogP contribution in [0, 0.1) is 22.7 Å². The van der Waals surface area contributed by atoms with Crippen molar-refractivity contribution < 1.29 is 17.9 Å². The summed E-state index contributed by atoms with van der Waals surface area (Å²) in [5.41, 5.74) is 1.53. The van der Waals surface area contributed by atoms with E-state index < -0.39 is 10.0 Å². The Morgan fingerprint density at radius 1 is 1.06 bits per heavy atom. The Kier molecular flexibility index (Phi) is 7.36. The van der Waals surface area contributed by atoms with E-state index in [1.165, 1.54) is 36.4 Å². The van der Waals surface area contributed by atoms with Crippen LogP contribution in [0.4, 0.5) is 5.69 Å². The van der Waals surface area contributed by atoms with Gasteiger partial charge < -0.3 is 10.1 Å². The molecule has 3 aromatic carbocycles. The lowest BCUT2D eigenvalue weighted by Crippen LogP contribution is -2.16. The standard InChI is InChI=1S/C22H14BrClN4O4S/c23-18-10-17(33(27,30)31)2-3-20(18)28-22(29)9-13-1-4-21(19(24)8-13)32-16-6-14(11-25)5-15(7-16)12-26/h1-8,10H,9H2,(H,28,29)(H2,27,30,31). The number of primary sulfonamides is 1. The minimum absolute atomic E-state index is 0.00806. The van der Waals surface area contributed by atoms with Crippen LogP contribution in [0.5, 0.6) is 11.5 Å². The number of carbonyl (C=O) groups is 1. The summed E-state index contributed by atoms with van der Waals surface area (Å²) >= 11 is 9.51. The molecule has 1 amide bonds. The lowest BCUT2D eigenvalue weighted by Gasteiger charge is -2.11. The first-order chi connectivity index (χ1) is 15.6. The third-order valence-corrected chi connectivity index (χ3v) is 6.16. The van der Waals surface area contributed by atoms with Crippen molar-refractivity contribution in [1.29, 1.82) is 10.5 Å². The number of benzene rings is 3. The summed E-state index contributed by atoms with van der Waals surface area (Å²) in [4.78, 5) is 12.3. The number of anilines is 1. The lowest BCUT2D eigenvalue weighted by atomic mass is 10.1. The van der Waals surface area contributed by atoms with Gasteiger partial charge in [0.25, 0.3) is 0 Å². The van der Waals surface area contributed by atoms with Gasteiger partial charge in [-0.05, 0) is 70.0 Å². The first-order valence-electron chi connectivity index (χ1n) is 9.13. The van der Waals surface area contributed by atoms with Crippen LogP contribution < -0.4 is 15.2 Å². The van der Waals surface area contributed by atoms with Gasteiger partial charge in [0.2, 0.25) is 15.9 Å². The molecule has 0 aliphatic rings. The van der Waals surface area contributed by atoms with E-state index in [1.807, 2.05) is 12.1 Å². The molecule has 0 radical (unpaired) electrons. The number of amides is 1. The van der Waals surface area contributed by atoms with Gasteiger partial charge in [-0.1, -0.05) is 17.7 Å². The summed E-state index contributed by atoms with van der Waals surface area (Å²) in [7, 11) is -3.86. The van der Waals surface area contributed by atoms with Crippen LogP contribution in [0.15, 0.2) is 64.0 Å². The number of nitrogens with zero attached hydrogens (tertiary/aromatic N) is 2. The number of carbonyl (C=O) groups excluding carboxylic acids is 1. The zero-order valence-electron chi connectivity index (χ0n) is 16.7. The van der Waals surface area contributed by atoms with Gasteiger partial charge in [-0.2, -0.15) is 10.5 Å². The Bertz CT molecular complexity index is 1410. The number of hydrogen-bond donors (Lipinski definition) is 2. The number of rotatable bonds is 6. The van der Waals surface area contributed by atoms with Crippen molar-refractivity contribution >= 4 is 49.1 Å². The first kappa shape index (κ1) is 24.2. The summed E-state index contributed by atoms with van der Waals surface area (Å²) < 4.78 is 28.9. The fourth-order valence-electron chi connectivity index (χ4n) is 2.81. The molecule has 8 nitrogen and oxygen atoms in total. The second-order valence-corrected chi connectivity index (χ2v) is 9.57. The molecule has 3 N–H and O–H groups in total. The molecule has 3 aromatic rings. The quantitative estimate of drug-likeness (QED) is 0.467. The Balaban J connectivity index is 1.71. The summed E-state index contributed by atoms with van der Waals surface area (Å²) in [6.45, 7) is 0. The molecule has 11 heteroatoms. The monoisotopic (exact) mass is 544 g/mol. The number of halogens is 2. The van der Waals surface area contributed by atoms with Crippen molar-refractivity contribution in [1.82, 2.24) is 0 Å². The van der Waals surface area contributed by atoms with Crippen molar-refractivity contribution in [2.24, 2.45) is 5.14 Å². The van der Waals surface area contributed by atoms with Crippen molar-refractivity contribution in [2.45, 2.75) is 11.3 Å². The highest BCUT2D eigenvalue weighted by molar-refractivity contribution is 9.10. The molecule has 0 bridgehead atoms. The van der Waals surface area contributed by atoms with Crippen LogP contribution in [0.2, 0.25) is 5.02 Å². The molecule has 0 heterocycles. The summed E-state index contributed by atoms with van der Waals surface area (Å²) in [5, 5.41) is 26.2. The van der Waals surface area contributed by atoms with Crippen molar-refractivity contribution in [2.75, 3.05) is 5.32 Å². The third kappa shape index (κ3) is 6.31. The van der Waals surface area contributed by atoms with E-state index in [1.54, 1.807) is 18.2 Å². The van der Waals surface area contributed by atoms with E-state index >= 15 is 0 Å². The predicted octanol–water partition coefficient (Wildman–Crippen LogP) is 4.47. The maximum Gasteiger partial charge on any atom is 0.238 e. The van der Waals surface area contributed by atoms with Gasteiger partial charge in [0.15, 0.2) is 0 Å². The number of ether oxygens (including phenoxy) is 1. The average Bonchev–Trinajstić information content (AvgIpc) is 2.76. The van der Waals surface area contributed by atoms with E-state index in [0.29, 0.717) is 21.5 Å². The van der Waals surface area contributed by atoms with Crippen molar-refractivity contribution in [3.05, 3.63) is 80.8 Å². The maximum atomic E-state index is 12.4. The number of nitriles is 2. The topological polar surface area (TPSA) is 146 Å². The minimum Gasteiger partial charge on any atom is -0.456 e. The van der Waals surface area contributed by atoms with E-state index in [4.69, 9.17) is 32.0 Å². The fraction of sp³-hybridized carbons (Fsp3) is 0.0455. The normalized spacial score (nSPS) is 10.7. The maximum absolute atomic E-state index is 12.4. The first-order valence-corrected chi connectivity index (χ1v) is 11.8. The van der Waals surface area contributed by atoms with Crippen LogP contribution in [0.1, 0.15) is 16.7 Å². The molecular weight excluding hydrogens is 532 g/mol. The zero-order valence-corrected chi connectivity index (χ0v) is 19.8. The second kappa shape index (κ2) is 10.0. The summed E-state index contributed by atoms with van der Waals surface area (Å²) in [6, 6.07) is 17.1. The van der Waals surface area contributed by atoms with Gasteiger partial charge in [0.05, 0.1) is 45.3 Å². The van der Waals surface area contributed by atoms with Crippen molar-refractivity contribution in [3.8, 4) is 23.6 Å². The van der Waals surface area contributed by atoms with Crippen LogP contribution in [-0.2, 0) is 21.2 Å². The SMILES string of the molecule is N#Cc1cc(C#N)cc(Oc2ccc(CC(=O)Nc3ccc(S(N)(=O)=O)cc3Br)cc2Cl)c1. The molecule has 3 rings (SSSR count). The molecule has 0 aromatic heterocycles. The van der Waals surface area contributed by atoms with Gasteiger partial charge in [-0.3, -0.25) is 4.79 Å². The predicted molar refractivity (Wildman–Crippen MR) is 125 cm³/mol. The molecule has 0 atom stereocenters. The van der Waals surface area contributed by atoms with Crippen LogP contribution in [0.25, 0.3) is 0 Å². The van der Waals surface area contributed by atoms with Gasteiger partial charge in [-0.25, -0.2) is 13.6 Å². The average molecular weight is 546 g/mol. The van der Waals surface area contributed by atoms with Crippen molar-refractivity contribution in [3.63, 3.8) is 0 Å². The number of nitrogens with one attached hydrogen (secondary N) is 1. The van der Waals surface area contributed by atoms with Crippen LogP contribution in [0.3, 0.4) is 0 Å². The Morgan fingerprint density at radius 2 is 1.73 bits per heavy atom. The van der Waals surface area contributed by atoms with Gasteiger partial charge in [-0.15, -0.1) is 0 Å². The Morgan fingerprint density at radius 3 is 2.27 bits per heavy atom. The van der Waals surface area contributed by atoms with Gasteiger partial charge in [0, 0.05) is 4.47 Å².